The molecule has 0 amide bonds. The monoisotopic (exact) mass is 239 g/mol. The van der Waals surface area contributed by atoms with E-state index in [1.165, 1.54) is 18.1 Å². The smallest absolute Gasteiger partial charge is 0.193 e. The first-order chi connectivity index (χ1) is 7.27. The Balaban J connectivity index is 2.29. The third kappa shape index (κ3) is 2.34. The van der Waals surface area contributed by atoms with E-state index in [2.05, 4.69) is 19.9 Å². The van der Waals surface area contributed by atoms with Crippen molar-refractivity contribution in [2.45, 2.75) is 10.2 Å². The minimum absolute atomic E-state index is 0.255. The van der Waals surface area contributed by atoms with E-state index in [0.717, 1.165) is 0 Å². The molecule has 0 spiro atoms. The molecule has 5 nitrogen and oxygen atoms in total. The van der Waals surface area contributed by atoms with Gasteiger partial charge in [0.2, 0.25) is 0 Å². The molecule has 0 radical (unpaired) electrons. The summed E-state index contributed by atoms with van der Waals surface area (Å²) in [6.45, 7) is 0. The summed E-state index contributed by atoms with van der Waals surface area (Å²) in [7, 11) is 0. The Morgan fingerprint density at radius 1 is 1.13 bits per heavy atom. The molecule has 0 aliphatic rings. The van der Waals surface area contributed by atoms with Gasteiger partial charge in [-0.1, -0.05) is 11.6 Å². The molecule has 0 aliphatic carbocycles. The van der Waals surface area contributed by atoms with Crippen LogP contribution < -0.4 is 5.73 Å². The summed E-state index contributed by atoms with van der Waals surface area (Å²) >= 11 is 7.16. The highest BCUT2D eigenvalue weighted by molar-refractivity contribution is 7.99. The van der Waals surface area contributed by atoms with Gasteiger partial charge in [-0.05, 0) is 17.8 Å². The SMILES string of the molecule is Nc1ncnc(Sc2ncccn2)c1Cl. The molecule has 0 atom stereocenters. The minimum Gasteiger partial charge on any atom is -0.382 e. The van der Waals surface area contributed by atoms with Crippen molar-refractivity contribution in [3.8, 4) is 0 Å². The van der Waals surface area contributed by atoms with E-state index in [1.54, 1.807) is 18.5 Å². The number of rotatable bonds is 2. The maximum atomic E-state index is 5.92. The van der Waals surface area contributed by atoms with Gasteiger partial charge in [-0.25, -0.2) is 19.9 Å². The quantitative estimate of drug-likeness (QED) is 0.634. The van der Waals surface area contributed by atoms with Crippen LogP contribution in [0.2, 0.25) is 5.02 Å². The Kier molecular flexibility index (Phi) is 2.98. The summed E-state index contributed by atoms with van der Waals surface area (Å²) in [5.74, 6) is 0.255. The molecular weight excluding hydrogens is 234 g/mol. The van der Waals surface area contributed by atoms with E-state index >= 15 is 0 Å². The van der Waals surface area contributed by atoms with Crippen molar-refractivity contribution in [2.24, 2.45) is 0 Å². The highest BCUT2D eigenvalue weighted by Crippen LogP contribution is 2.30. The van der Waals surface area contributed by atoms with Crippen LogP contribution in [-0.2, 0) is 0 Å². The first-order valence-electron chi connectivity index (χ1n) is 3.98. The van der Waals surface area contributed by atoms with Gasteiger partial charge >= 0.3 is 0 Å². The fraction of sp³-hybridized carbons (Fsp3) is 0. The highest BCUT2D eigenvalue weighted by Gasteiger charge is 2.09. The van der Waals surface area contributed by atoms with Crippen LogP contribution in [0.25, 0.3) is 0 Å². The molecule has 15 heavy (non-hydrogen) atoms. The van der Waals surface area contributed by atoms with E-state index in [0.29, 0.717) is 15.2 Å². The lowest BCUT2D eigenvalue weighted by molar-refractivity contribution is 0.956. The Morgan fingerprint density at radius 3 is 2.60 bits per heavy atom. The molecular formula is C8H6ClN5S. The predicted octanol–water partition coefficient (Wildman–Crippen LogP) is 1.65. The first kappa shape index (κ1) is 10.1. The van der Waals surface area contributed by atoms with Gasteiger partial charge in [0.05, 0.1) is 0 Å². The summed E-state index contributed by atoms with van der Waals surface area (Å²) in [5, 5.41) is 1.45. The van der Waals surface area contributed by atoms with Crippen molar-refractivity contribution in [2.75, 3.05) is 5.73 Å². The summed E-state index contributed by atoms with van der Waals surface area (Å²) in [6.07, 6.45) is 4.65. The third-order valence-corrected chi connectivity index (χ3v) is 2.90. The van der Waals surface area contributed by atoms with Gasteiger partial charge in [-0.3, -0.25) is 0 Å². The second-order valence-corrected chi connectivity index (χ2v) is 3.85. The van der Waals surface area contributed by atoms with Crippen LogP contribution in [0.15, 0.2) is 35.0 Å². The van der Waals surface area contributed by atoms with E-state index in [9.17, 15) is 0 Å². The van der Waals surface area contributed by atoms with Crippen LogP contribution in [0.3, 0.4) is 0 Å². The molecule has 76 valence electrons. The Labute approximate surface area is 95.1 Å². The maximum absolute atomic E-state index is 5.92. The van der Waals surface area contributed by atoms with Gasteiger partial charge < -0.3 is 5.73 Å². The van der Waals surface area contributed by atoms with Crippen molar-refractivity contribution in [3.05, 3.63) is 29.8 Å². The lowest BCUT2D eigenvalue weighted by Gasteiger charge is -2.02. The normalized spacial score (nSPS) is 10.2. The molecule has 2 aromatic heterocycles. The zero-order valence-electron chi connectivity index (χ0n) is 7.46. The highest BCUT2D eigenvalue weighted by atomic mass is 35.5. The molecule has 0 fully saturated rings. The van der Waals surface area contributed by atoms with Gasteiger partial charge in [-0.2, -0.15) is 0 Å². The van der Waals surface area contributed by atoms with Gasteiger partial charge in [0.15, 0.2) is 5.16 Å². The summed E-state index contributed by atoms with van der Waals surface area (Å²) < 4.78 is 0. The largest absolute Gasteiger partial charge is 0.382 e. The molecule has 2 heterocycles. The van der Waals surface area contributed by atoms with E-state index in [4.69, 9.17) is 17.3 Å². The molecule has 7 heteroatoms. The van der Waals surface area contributed by atoms with Crippen molar-refractivity contribution in [1.29, 1.82) is 0 Å². The molecule has 0 saturated heterocycles. The Morgan fingerprint density at radius 2 is 1.87 bits per heavy atom. The molecule has 0 aromatic carbocycles. The lowest BCUT2D eigenvalue weighted by atomic mass is 10.6. The standard InChI is InChI=1S/C8H6ClN5S/c9-5-6(10)13-4-14-7(5)15-8-11-2-1-3-12-8/h1-4H,(H2,10,13,14). The number of anilines is 1. The average Bonchev–Trinajstić information content (AvgIpc) is 2.26. The number of halogens is 1. The molecule has 2 N–H and O–H groups in total. The zero-order valence-corrected chi connectivity index (χ0v) is 9.03. The fourth-order valence-electron chi connectivity index (χ4n) is 0.862. The first-order valence-corrected chi connectivity index (χ1v) is 5.17. The number of aromatic nitrogens is 4. The van der Waals surface area contributed by atoms with Crippen LogP contribution >= 0.6 is 23.4 Å². The van der Waals surface area contributed by atoms with Crippen molar-refractivity contribution >= 4 is 29.2 Å². The molecule has 0 unspecified atom stereocenters. The van der Waals surface area contributed by atoms with Crippen LogP contribution in [0.4, 0.5) is 5.82 Å². The summed E-state index contributed by atoms with van der Waals surface area (Å²) in [6, 6.07) is 1.74. The van der Waals surface area contributed by atoms with Gasteiger partial charge in [0.1, 0.15) is 22.2 Å². The Hall–Kier alpha value is -1.40. The van der Waals surface area contributed by atoms with Gasteiger partial charge in [0, 0.05) is 12.4 Å². The summed E-state index contributed by atoms with van der Waals surface area (Å²) in [5.41, 5.74) is 5.54. The van der Waals surface area contributed by atoms with Crippen LogP contribution in [-0.4, -0.2) is 19.9 Å². The van der Waals surface area contributed by atoms with E-state index < -0.39 is 0 Å². The molecule has 2 aromatic rings. The number of nitrogen functional groups attached to an aromatic ring is 1. The number of hydrogen-bond donors (Lipinski definition) is 1. The molecule has 0 bridgehead atoms. The minimum atomic E-state index is 0.255. The fourth-order valence-corrected chi connectivity index (χ4v) is 1.77. The van der Waals surface area contributed by atoms with Crippen molar-refractivity contribution < 1.29 is 0 Å². The maximum Gasteiger partial charge on any atom is 0.193 e. The van der Waals surface area contributed by atoms with Gasteiger partial charge in [0.25, 0.3) is 0 Å². The lowest BCUT2D eigenvalue weighted by Crippen LogP contribution is -1.95. The third-order valence-electron chi connectivity index (χ3n) is 1.51. The van der Waals surface area contributed by atoms with Crippen LogP contribution in [0.5, 0.6) is 0 Å². The Bertz CT molecular complexity index is 464. The van der Waals surface area contributed by atoms with Crippen LogP contribution in [0.1, 0.15) is 0 Å². The summed E-state index contributed by atoms with van der Waals surface area (Å²) in [4.78, 5) is 15.8. The molecule has 0 aliphatic heterocycles. The topological polar surface area (TPSA) is 77.6 Å². The number of nitrogens with two attached hydrogens (primary N) is 1. The van der Waals surface area contributed by atoms with E-state index in [1.807, 2.05) is 0 Å². The van der Waals surface area contributed by atoms with Crippen molar-refractivity contribution in [3.63, 3.8) is 0 Å². The number of hydrogen-bond acceptors (Lipinski definition) is 6. The van der Waals surface area contributed by atoms with Crippen LogP contribution in [0, 0.1) is 0 Å². The average molecular weight is 240 g/mol. The second kappa shape index (κ2) is 4.41. The molecule has 0 saturated carbocycles. The second-order valence-electron chi connectivity index (χ2n) is 2.51. The van der Waals surface area contributed by atoms with E-state index in [-0.39, 0.29) is 5.82 Å². The number of nitrogens with zero attached hydrogens (tertiary/aromatic N) is 4. The molecule has 2 rings (SSSR count). The zero-order chi connectivity index (χ0) is 10.7. The van der Waals surface area contributed by atoms with Crippen molar-refractivity contribution in [1.82, 2.24) is 19.9 Å². The predicted molar refractivity (Wildman–Crippen MR) is 57.6 cm³/mol. The van der Waals surface area contributed by atoms with Gasteiger partial charge in [-0.15, -0.1) is 0 Å².